The van der Waals surface area contributed by atoms with Crippen molar-refractivity contribution in [2.45, 2.75) is 51.4 Å². The summed E-state index contributed by atoms with van der Waals surface area (Å²) in [7, 11) is 1.90. The zero-order valence-corrected chi connectivity index (χ0v) is 15.4. The summed E-state index contributed by atoms with van der Waals surface area (Å²) in [6, 6.07) is 9.33. The average Bonchev–Trinajstić information content (AvgIpc) is 3.15. The summed E-state index contributed by atoms with van der Waals surface area (Å²) in [5.74, 6) is 0. The van der Waals surface area contributed by atoms with E-state index in [0.717, 1.165) is 12.0 Å². The van der Waals surface area contributed by atoms with Gasteiger partial charge in [-0.15, -0.1) is 0 Å². The van der Waals surface area contributed by atoms with Gasteiger partial charge < -0.3 is 18.8 Å². The molecule has 128 valence electrons. The number of hydrogen-bond acceptors (Lipinski definition) is 3. The van der Waals surface area contributed by atoms with Gasteiger partial charge in [-0.1, -0.05) is 12.1 Å². The third-order valence-corrected chi connectivity index (χ3v) is 6.03. The molecule has 4 nitrogen and oxygen atoms in total. The molecular weight excluding hydrogens is 299 g/mol. The second kappa shape index (κ2) is 5.35. The SMILES string of the molecule is CN1CCC(n2ccc3ccc(B4OC(C)(C)C(C)(C)O4)cc32)C1. The highest BCUT2D eigenvalue weighted by Gasteiger charge is 2.51. The number of fused-ring (bicyclic) bond motifs is 1. The number of hydrogen-bond donors (Lipinski definition) is 0. The van der Waals surface area contributed by atoms with Gasteiger partial charge in [0.25, 0.3) is 0 Å². The maximum atomic E-state index is 6.22. The number of nitrogens with zero attached hydrogens (tertiary/aromatic N) is 2. The summed E-state index contributed by atoms with van der Waals surface area (Å²) in [6.07, 6.45) is 3.43. The Bertz CT molecular complexity index is 752. The summed E-state index contributed by atoms with van der Waals surface area (Å²) in [6.45, 7) is 10.7. The van der Waals surface area contributed by atoms with Gasteiger partial charge in [0.15, 0.2) is 0 Å². The quantitative estimate of drug-likeness (QED) is 0.794. The highest BCUT2D eigenvalue weighted by molar-refractivity contribution is 6.62. The third-order valence-electron chi connectivity index (χ3n) is 6.03. The zero-order chi connectivity index (χ0) is 17.1. The second-order valence-corrected chi connectivity index (χ2v) is 8.33. The maximum Gasteiger partial charge on any atom is 0.494 e. The van der Waals surface area contributed by atoms with Crippen molar-refractivity contribution >= 4 is 23.5 Å². The van der Waals surface area contributed by atoms with Crippen molar-refractivity contribution in [3.8, 4) is 0 Å². The fourth-order valence-electron chi connectivity index (χ4n) is 3.75. The fourth-order valence-corrected chi connectivity index (χ4v) is 3.75. The molecule has 0 N–H and O–H groups in total. The third kappa shape index (κ3) is 2.50. The molecule has 5 heteroatoms. The number of aromatic nitrogens is 1. The highest BCUT2D eigenvalue weighted by atomic mass is 16.7. The molecular formula is C19H27BN2O2. The molecule has 2 aliphatic rings. The summed E-state index contributed by atoms with van der Waals surface area (Å²) in [5, 5.41) is 1.28. The Kier molecular flexibility index (Phi) is 3.61. The van der Waals surface area contributed by atoms with Crippen molar-refractivity contribution < 1.29 is 9.31 Å². The molecule has 0 aliphatic carbocycles. The van der Waals surface area contributed by atoms with Crippen LogP contribution < -0.4 is 5.46 Å². The number of benzene rings is 1. The van der Waals surface area contributed by atoms with Crippen molar-refractivity contribution in [1.29, 1.82) is 0 Å². The van der Waals surface area contributed by atoms with E-state index in [-0.39, 0.29) is 18.3 Å². The predicted octanol–water partition coefficient (Wildman–Crippen LogP) is 2.82. The lowest BCUT2D eigenvalue weighted by Crippen LogP contribution is -2.41. The molecule has 1 aromatic carbocycles. The van der Waals surface area contributed by atoms with Crippen molar-refractivity contribution in [1.82, 2.24) is 9.47 Å². The van der Waals surface area contributed by atoms with Crippen molar-refractivity contribution in [3.63, 3.8) is 0 Å². The standard InChI is InChI=1S/C19H27BN2O2/c1-18(2)19(3,4)24-20(23-18)15-7-6-14-8-11-22(17(14)12-15)16-9-10-21(5)13-16/h6-8,11-12,16H,9-10,13H2,1-5H3. The average molecular weight is 326 g/mol. The van der Waals surface area contributed by atoms with Gasteiger partial charge in [-0.3, -0.25) is 0 Å². The van der Waals surface area contributed by atoms with E-state index >= 15 is 0 Å². The van der Waals surface area contributed by atoms with Crippen LogP contribution in [0.15, 0.2) is 30.5 Å². The fraction of sp³-hybridized carbons (Fsp3) is 0.579. The maximum absolute atomic E-state index is 6.22. The lowest BCUT2D eigenvalue weighted by molar-refractivity contribution is 0.00578. The molecule has 1 atom stereocenters. The van der Waals surface area contributed by atoms with Crippen LogP contribution in [0.5, 0.6) is 0 Å². The van der Waals surface area contributed by atoms with E-state index in [2.05, 4.69) is 74.7 Å². The first-order chi connectivity index (χ1) is 11.3. The number of rotatable bonds is 2. The van der Waals surface area contributed by atoms with Crippen molar-refractivity contribution in [3.05, 3.63) is 30.5 Å². The van der Waals surface area contributed by atoms with Crippen molar-refractivity contribution in [2.24, 2.45) is 0 Å². The molecule has 2 aromatic rings. The molecule has 0 saturated carbocycles. The highest BCUT2D eigenvalue weighted by Crippen LogP contribution is 2.36. The lowest BCUT2D eigenvalue weighted by atomic mass is 9.79. The van der Waals surface area contributed by atoms with Crippen LogP contribution in [-0.4, -0.2) is 47.9 Å². The summed E-state index contributed by atoms with van der Waals surface area (Å²) in [5.41, 5.74) is 1.78. The summed E-state index contributed by atoms with van der Waals surface area (Å²) < 4.78 is 14.9. The Labute approximate surface area is 144 Å². The Morgan fingerprint density at radius 1 is 1.08 bits per heavy atom. The smallest absolute Gasteiger partial charge is 0.399 e. The van der Waals surface area contributed by atoms with E-state index < -0.39 is 0 Å². The molecule has 0 amide bonds. The minimum atomic E-state index is -0.303. The molecule has 2 saturated heterocycles. The van der Waals surface area contributed by atoms with Gasteiger partial charge in [-0.25, -0.2) is 0 Å². The van der Waals surface area contributed by atoms with Crippen LogP contribution in [-0.2, 0) is 9.31 Å². The Hall–Kier alpha value is -1.30. The Morgan fingerprint density at radius 2 is 1.79 bits per heavy atom. The first kappa shape index (κ1) is 16.2. The number of likely N-dealkylation sites (N-methyl/N-ethyl adjacent to an activating group) is 1. The molecule has 1 aromatic heterocycles. The minimum Gasteiger partial charge on any atom is -0.399 e. The summed E-state index contributed by atoms with van der Waals surface area (Å²) >= 11 is 0. The lowest BCUT2D eigenvalue weighted by Gasteiger charge is -2.32. The van der Waals surface area contributed by atoms with Crippen LogP contribution in [0.1, 0.15) is 40.2 Å². The first-order valence-electron chi connectivity index (χ1n) is 8.91. The molecule has 0 radical (unpaired) electrons. The Balaban J connectivity index is 1.69. The first-order valence-corrected chi connectivity index (χ1v) is 8.91. The van der Waals surface area contributed by atoms with Crippen LogP contribution in [0.4, 0.5) is 0 Å². The van der Waals surface area contributed by atoms with Gasteiger partial charge in [0, 0.05) is 24.3 Å². The molecule has 2 aliphatic heterocycles. The minimum absolute atomic E-state index is 0.297. The number of likely N-dealkylation sites (tertiary alicyclic amines) is 1. The summed E-state index contributed by atoms with van der Waals surface area (Å²) in [4.78, 5) is 2.40. The van der Waals surface area contributed by atoms with E-state index in [1.807, 2.05) is 0 Å². The van der Waals surface area contributed by atoms with Gasteiger partial charge in [0.1, 0.15) is 0 Å². The van der Waals surface area contributed by atoms with E-state index in [9.17, 15) is 0 Å². The predicted molar refractivity (Wildman–Crippen MR) is 98.8 cm³/mol. The molecule has 24 heavy (non-hydrogen) atoms. The topological polar surface area (TPSA) is 26.6 Å². The van der Waals surface area contributed by atoms with Gasteiger partial charge >= 0.3 is 7.12 Å². The largest absolute Gasteiger partial charge is 0.494 e. The Morgan fingerprint density at radius 3 is 2.42 bits per heavy atom. The molecule has 1 unspecified atom stereocenters. The van der Waals surface area contributed by atoms with E-state index in [1.165, 1.54) is 23.9 Å². The van der Waals surface area contributed by atoms with E-state index in [0.29, 0.717) is 6.04 Å². The van der Waals surface area contributed by atoms with Gasteiger partial charge in [0.2, 0.25) is 0 Å². The molecule has 0 bridgehead atoms. The molecule has 3 heterocycles. The van der Waals surface area contributed by atoms with Crippen molar-refractivity contribution in [2.75, 3.05) is 20.1 Å². The molecule has 2 fully saturated rings. The van der Waals surface area contributed by atoms with Gasteiger partial charge in [-0.05, 0) is 70.7 Å². The normalized spacial score (nSPS) is 26.5. The van der Waals surface area contributed by atoms with Gasteiger partial charge in [0.05, 0.1) is 11.2 Å². The zero-order valence-electron chi connectivity index (χ0n) is 15.4. The second-order valence-electron chi connectivity index (χ2n) is 8.33. The van der Waals surface area contributed by atoms with E-state index in [4.69, 9.17) is 9.31 Å². The van der Waals surface area contributed by atoms with Crippen LogP contribution in [0.3, 0.4) is 0 Å². The van der Waals surface area contributed by atoms with Crippen LogP contribution in [0.25, 0.3) is 10.9 Å². The van der Waals surface area contributed by atoms with Crippen LogP contribution in [0, 0.1) is 0 Å². The van der Waals surface area contributed by atoms with E-state index in [1.54, 1.807) is 0 Å². The monoisotopic (exact) mass is 326 g/mol. The van der Waals surface area contributed by atoms with Crippen LogP contribution in [0.2, 0.25) is 0 Å². The molecule has 0 spiro atoms. The molecule has 4 rings (SSSR count). The van der Waals surface area contributed by atoms with Crippen LogP contribution >= 0.6 is 0 Å². The van der Waals surface area contributed by atoms with Gasteiger partial charge in [-0.2, -0.15) is 0 Å².